The second-order valence-corrected chi connectivity index (χ2v) is 9.29. The number of likely N-dealkylation sites (tertiary alicyclic amines) is 1. The minimum Gasteiger partial charge on any atom is -0.493 e. The van der Waals surface area contributed by atoms with Gasteiger partial charge in [0.15, 0.2) is 11.5 Å². The van der Waals surface area contributed by atoms with Crippen molar-refractivity contribution in [2.75, 3.05) is 38.7 Å². The fraction of sp³-hybridized carbons (Fsp3) is 0.300. The van der Waals surface area contributed by atoms with E-state index in [-0.39, 0.29) is 0 Å². The first-order valence-corrected chi connectivity index (χ1v) is 12.7. The van der Waals surface area contributed by atoms with E-state index in [1.54, 1.807) is 19.2 Å². The minimum absolute atomic E-state index is 0.609. The summed E-state index contributed by atoms with van der Waals surface area (Å²) >= 11 is 0. The number of anilines is 2. The van der Waals surface area contributed by atoms with E-state index in [0.717, 1.165) is 42.6 Å². The number of ether oxygens (including phenoxy) is 2. The van der Waals surface area contributed by atoms with E-state index in [1.165, 1.54) is 24.7 Å². The smallest absolute Gasteiger partial charge is 0.163 e. The van der Waals surface area contributed by atoms with Gasteiger partial charge in [-0.1, -0.05) is 30.3 Å². The van der Waals surface area contributed by atoms with Crippen molar-refractivity contribution in [2.24, 2.45) is 0 Å². The van der Waals surface area contributed by atoms with Gasteiger partial charge in [0.1, 0.15) is 12.1 Å². The Balaban J connectivity index is 1.17. The number of piperidine rings is 1. The Morgan fingerprint density at radius 3 is 2.51 bits per heavy atom. The van der Waals surface area contributed by atoms with E-state index in [1.807, 2.05) is 24.3 Å². The largest absolute Gasteiger partial charge is 0.493 e. The molecule has 1 aromatic heterocycles. The Hall–Kier alpha value is -4.15. The van der Waals surface area contributed by atoms with Gasteiger partial charge in [-0.25, -0.2) is 9.97 Å². The van der Waals surface area contributed by atoms with Crippen LogP contribution in [0.1, 0.15) is 36.3 Å². The van der Waals surface area contributed by atoms with Gasteiger partial charge >= 0.3 is 0 Å². The average Bonchev–Trinajstić information content (AvgIpc) is 2.96. The van der Waals surface area contributed by atoms with Crippen molar-refractivity contribution in [3.05, 3.63) is 84.2 Å². The molecule has 3 aromatic carbocycles. The molecule has 0 unspecified atom stereocenters. The van der Waals surface area contributed by atoms with Crippen LogP contribution in [-0.4, -0.2) is 48.2 Å². The first kappa shape index (κ1) is 24.5. The van der Waals surface area contributed by atoms with Crippen molar-refractivity contribution >= 4 is 22.4 Å². The first-order chi connectivity index (χ1) is 18.2. The Bertz CT molecular complexity index is 1360. The monoisotopic (exact) mass is 493 g/mol. The molecule has 0 aliphatic carbocycles. The lowest BCUT2D eigenvalue weighted by Gasteiger charge is -2.32. The summed E-state index contributed by atoms with van der Waals surface area (Å²) in [6.07, 6.45) is 4.90. The van der Waals surface area contributed by atoms with E-state index in [9.17, 15) is 0 Å². The maximum absolute atomic E-state index is 9.02. The molecule has 1 N–H and O–H groups in total. The highest BCUT2D eigenvalue weighted by Crippen LogP contribution is 2.35. The normalized spacial score (nSPS) is 14.3. The number of nitrogens with one attached hydrogen (secondary N) is 1. The van der Waals surface area contributed by atoms with E-state index < -0.39 is 0 Å². The van der Waals surface area contributed by atoms with Crippen molar-refractivity contribution in [2.45, 2.75) is 25.2 Å². The van der Waals surface area contributed by atoms with Crippen molar-refractivity contribution in [1.82, 2.24) is 14.9 Å². The summed E-state index contributed by atoms with van der Waals surface area (Å²) in [5.41, 5.74) is 3.68. The standard InChI is InChI=1S/C30H31N5O2/c1-36-28-18-26-27(32-21-33-30(26)34-25-10-8-22(20-31)9-11-25)19-29(28)37-17-5-14-35-15-12-24(13-16-35)23-6-3-2-4-7-23/h2-4,6-11,18-19,21,24H,5,12-17H2,1H3,(H,32,33,34). The topological polar surface area (TPSA) is 83.3 Å². The minimum atomic E-state index is 0.609. The number of methoxy groups -OCH3 is 1. The van der Waals surface area contributed by atoms with Gasteiger partial charge in [-0.15, -0.1) is 0 Å². The third-order valence-corrected chi connectivity index (χ3v) is 6.93. The molecule has 0 amide bonds. The van der Waals surface area contributed by atoms with Crippen LogP contribution in [0.3, 0.4) is 0 Å². The van der Waals surface area contributed by atoms with Crippen LogP contribution in [0.5, 0.6) is 11.5 Å². The fourth-order valence-corrected chi connectivity index (χ4v) is 4.89. The molecule has 1 aliphatic heterocycles. The van der Waals surface area contributed by atoms with Crippen LogP contribution in [0.25, 0.3) is 10.9 Å². The Kier molecular flexibility index (Phi) is 7.78. The van der Waals surface area contributed by atoms with Gasteiger partial charge in [-0.2, -0.15) is 5.26 Å². The number of hydrogen-bond donors (Lipinski definition) is 1. The van der Waals surface area contributed by atoms with Crippen molar-refractivity contribution < 1.29 is 9.47 Å². The average molecular weight is 494 g/mol. The number of hydrogen-bond acceptors (Lipinski definition) is 7. The van der Waals surface area contributed by atoms with Crippen LogP contribution in [0.2, 0.25) is 0 Å². The number of rotatable bonds is 9. The van der Waals surface area contributed by atoms with Gasteiger partial charge in [0.2, 0.25) is 0 Å². The summed E-state index contributed by atoms with van der Waals surface area (Å²) in [6.45, 7) is 3.90. The number of benzene rings is 3. The zero-order valence-corrected chi connectivity index (χ0v) is 21.1. The third-order valence-electron chi connectivity index (χ3n) is 6.93. The zero-order valence-electron chi connectivity index (χ0n) is 21.1. The van der Waals surface area contributed by atoms with E-state index in [2.05, 4.69) is 56.6 Å². The summed E-state index contributed by atoms with van der Waals surface area (Å²) in [7, 11) is 1.64. The van der Waals surface area contributed by atoms with Crippen LogP contribution in [0, 0.1) is 11.3 Å². The zero-order chi connectivity index (χ0) is 25.5. The number of nitrogens with zero attached hydrogens (tertiary/aromatic N) is 4. The summed E-state index contributed by atoms with van der Waals surface area (Å²) in [5, 5.41) is 13.2. The maximum Gasteiger partial charge on any atom is 0.163 e. The molecule has 0 spiro atoms. The van der Waals surface area contributed by atoms with Gasteiger partial charge in [-0.05, 0) is 74.2 Å². The molecule has 4 aromatic rings. The van der Waals surface area contributed by atoms with Crippen molar-refractivity contribution in [3.63, 3.8) is 0 Å². The van der Waals surface area contributed by atoms with E-state index in [4.69, 9.17) is 14.7 Å². The molecule has 0 radical (unpaired) electrons. The van der Waals surface area contributed by atoms with Gasteiger partial charge in [0, 0.05) is 23.7 Å². The first-order valence-electron chi connectivity index (χ1n) is 12.7. The van der Waals surface area contributed by atoms with Gasteiger partial charge in [-0.3, -0.25) is 0 Å². The predicted octanol–water partition coefficient (Wildman–Crippen LogP) is 5.90. The molecular weight excluding hydrogens is 462 g/mol. The Morgan fingerprint density at radius 2 is 1.78 bits per heavy atom. The van der Waals surface area contributed by atoms with Crippen molar-refractivity contribution in [3.8, 4) is 17.6 Å². The van der Waals surface area contributed by atoms with Gasteiger partial charge in [0.25, 0.3) is 0 Å². The highest BCUT2D eigenvalue weighted by Gasteiger charge is 2.20. The fourth-order valence-electron chi connectivity index (χ4n) is 4.89. The number of fused-ring (bicyclic) bond motifs is 1. The molecule has 0 saturated carbocycles. The second kappa shape index (κ2) is 11.7. The molecule has 2 heterocycles. The van der Waals surface area contributed by atoms with Crippen molar-refractivity contribution in [1.29, 1.82) is 5.26 Å². The number of nitriles is 1. The van der Waals surface area contributed by atoms with Crippen LogP contribution in [0.4, 0.5) is 11.5 Å². The van der Waals surface area contributed by atoms with E-state index in [0.29, 0.717) is 35.4 Å². The lowest BCUT2D eigenvalue weighted by atomic mass is 9.89. The SMILES string of the molecule is COc1cc2c(Nc3ccc(C#N)cc3)ncnc2cc1OCCCN1CCC(c2ccccc2)CC1. The van der Waals surface area contributed by atoms with E-state index >= 15 is 0 Å². The molecule has 7 heteroatoms. The lowest BCUT2D eigenvalue weighted by Crippen LogP contribution is -2.34. The molecule has 1 saturated heterocycles. The quantitative estimate of drug-likeness (QED) is 0.291. The molecule has 1 aliphatic rings. The molecule has 0 atom stereocenters. The summed E-state index contributed by atoms with van der Waals surface area (Å²) in [5.74, 6) is 2.67. The molecule has 1 fully saturated rings. The second-order valence-electron chi connectivity index (χ2n) is 9.29. The maximum atomic E-state index is 9.02. The molecule has 37 heavy (non-hydrogen) atoms. The Morgan fingerprint density at radius 1 is 1.00 bits per heavy atom. The molecule has 5 rings (SSSR count). The van der Waals surface area contributed by atoms with Crippen LogP contribution in [0.15, 0.2) is 73.1 Å². The van der Waals surface area contributed by atoms with Crippen LogP contribution < -0.4 is 14.8 Å². The summed E-state index contributed by atoms with van der Waals surface area (Å²) < 4.78 is 11.8. The Labute approximate surface area is 217 Å². The van der Waals surface area contributed by atoms with Gasteiger partial charge in [0.05, 0.1) is 30.9 Å². The van der Waals surface area contributed by atoms with Crippen LogP contribution in [-0.2, 0) is 0 Å². The molecule has 188 valence electrons. The molecule has 0 bridgehead atoms. The third kappa shape index (κ3) is 5.99. The summed E-state index contributed by atoms with van der Waals surface area (Å²) in [4.78, 5) is 11.4. The molecule has 7 nitrogen and oxygen atoms in total. The van der Waals surface area contributed by atoms with Gasteiger partial charge < -0.3 is 19.7 Å². The summed E-state index contributed by atoms with van der Waals surface area (Å²) in [6, 6.07) is 24.1. The molecular formula is C30H31N5O2. The van der Waals surface area contributed by atoms with Crippen LogP contribution >= 0.6 is 0 Å². The highest BCUT2D eigenvalue weighted by molar-refractivity contribution is 5.93. The highest BCUT2D eigenvalue weighted by atomic mass is 16.5. The number of aromatic nitrogens is 2. The lowest BCUT2D eigenvalue weighted by molar-refractivity contribution is 0.191. The predicted molar refractivity (Wildman–Crippen MR) is 145 cm³/mol.